The number of nitrogens with two attached hydrogens (primary N) is 1. The predicted molar refractivity (Wildman–Crippen MR) is 151 cm³/mol. The molecule has 3 aromatic rings. The van der Waals surface area contributed by atoms with Crippen molar-refractivity contribution in [2.24, 2.45) is 11.8 Å². The molecule has 1 aliphatic carbocycles. The number of piperazine rings is 1. The highest BCUT2D eigenvalue weighted by atomic mass is 35.5. The van der Waals surface area contributed by atoms with Gasteiger partial charge in [-0.05, 0) is 48.1 Å². The summed E-state index contributed by atoms with van der Waals surface area (Å²) >= 11 is 6.14. The van der Waals surface area contributed by atoms with Crippen molar-refractivity contribution >= 4 is 33.0 Å². The van der Waals surface area contributed by atoms with Gasteiger partial charge >= 0.3 is 5.56 Å². The van der Waals surface area contributed by atoms with Gasteiger partial charge in [0.25, 0.3) is 0 Å². The van der Waals surface area contributed by atoms with E-state index in [0.717, 1.165) is 6.42 Å². The zero-order valence-corrected chi connectivity index (χ0v) is 23.5. The Bertz CT molecular complexity index is 1520. The second-order valence-corrected chi connectivity index (χ2v) is 12.4. The van der Waals surface area contributed by atoms with Crippen LogP contribution in [0.25, 0.3) is 5.69 Å². The number of nitrogens with zero attached hydrogens (tertiary/aromatic N) is 4. The number of para-hydroxylation sites is 1. The molecule has 39 heavy (non-hydrogen) atoms. The molecule has 1 saturated heterocycles. The summed E-state index contributed by atoms with van der Waals surface area (Å²) in [5, 5.41) is 4.89. The molecule has 2 aromatic carbocycles. The Hall–Kier alpha value is -3.28. The molecule has 2 atom stereocenters. The number of rotatable bonds is 9. The fraction of sp³-hybridized carbons (Fsp3) is 0.407. The Kier molecular flexibility index (Phi) is 7.75. The Balaban J connectivity index is 1.35. The number of hydrogen-bond donors (Lipinski definition) is 1. The normalized spacial score (nSPS) is 19.6. The predicted octanol–water partition coefficient (Wildman–Crippen LogP) is 3.16. The first kappa shape index (κ1) is 27.3. The Morgan fingerprint density at radius 2 is 1.85 bits per heavy atom. The molecule has 12 heteroatoms. The summed E-state index contributed by atoms with van der Waals surface area (Å²) in [4.78, 5) is 15.5. The summed E-state index contributed by atoms with van der Waals surface area (Å²) in [6, 6.07) is 12.0. The number of hydrogen-bond acceptors (Lipinski definition) is 8. The van der Waals surface area contributed by atoms with Crippen LogP contribution in [0.15, 0.2) is 53.5 Å². The first-order valence-electron chi connectivity index (χ1n) is 12.8. The second kappa shape index (κ2) is 11.1. The Labute approximate surface area is 232 Å². The van der Waals surface area contributed by atoms with E-state index in [1.165, 1.54) is 16.1 Å². The number of methoxy groups -OCH3 is 1. The highest BCUT2D eigenvalue weighted by Gasteiger charge is 2.35. The SMILES string of the molecule is COc1cccc(CS(=O)(=O)N2CCN(c3cnn(-c4cccc(Cl)c4)c(=O)c3OCC3CC3C)CC2)c1N. The molecule has 0 bridgehead atoms. The maximum atomic E-state index is 13.5. The lowest BCUT2D eigenvalue weighted by Crippen LogP contribution is -2.49. The fourth-order valence-corrected chi connectivity index (χ4v) is 6.52. The lowest BCUT2D eigenvalue weighted by Gasteiger charge is -2.35. The molecule has 0 spiro atoms. The van der Waals surface area contributed by atoms with Crippen molar-refractivity contribution in [2.45, 2.75) is 19.1 Å². The molecule has 2 aliphatic rings. The van der Waals surface area contributed by atoms with Crippen LogP contribution in [-0.4, -0.2) is 62.4 Å². The number of halogens is 1. The van der Waals surface area contributed by atoms with Gasteiger partial charge in [-0.1, -0.05) is 36.7 Å². The van der Waals surface area contributed by atoms with Gasteiger partial charge in [-0.25, -0.2) is 8.42 Å². The van der Waals surface area contributed by atoms with Crippen LogP contribution < -0.4 is 25.7 Å². The summed E-state index contributed by atoms with van der Waals surface area (Å²) in [5.41, 5.74) is 7.64. The number of sulfonamides is 1. The molecular formula is C27H32ClN5O5S. The zero-order valence-electron chi connectivity index (χ0n) is 21.9. The molecule has 1 saturated carbocycles. The standard InChI is InChI=1S/C27H32ClN5O5S/c1-18-13-20(18)16-38-26-23(15-30-33(27(26)34)22-7-4-6-21(28)14-22)31-9-11-32(12-10-31)39(35,36)17-19-5-3-8-24(37-2)25(19)29/h3-8,14-15,18,20H,9-13,16-17,29H2,1-2H3. The maximum Gasteiger partial charge on any atom is 0.316 e. The van der Waals surface area contributed by atoms with Crippen LogP contribution in [-0.2, 0) is 15.8 Å². The molecule has 0 radical (unpaired) electrons. The summed E-state index contributed by atoms with van der Waals surface area (Å²) < 4.78 is 40.5. The van der Waals surface area contributed by atoms with E-state index in [1.54, 1.807) is 48.7 Å². The monoisotopic (exact) mass is 573 g/mol. The van der Waals surface area contributed by atoms with Crippen LogP contribution >= 0.6 is 11.6 Å². The van der Waals surface area contributed by atoms with Gasteiger partial charge < -0.3 is 20.1 Å². The summed E-state index contributed by atoms with van der Waals surface area (Å²) in [5.74, 6) is 1.42. The van der Waals surface area contributed by atoms with Crippen molar-refractivity contribution in [3.8, 4) is 17.2 Å². The summed E-state index contributed by atoms with van der Waals surface area (Å²) in [7, 11) is -2.13. The molecule has 2 N–H and O–H groups in total. The van der Waals surface area contributed by atoms with E-state index in [1.807, 2.05) is 4.90 Å². The van der Waals surface area contributed by atoms with E-state index in [0.29, 0.717) is 64.9 Å². The molecule has 5 rings (SSSR count). The van der Waals surface area contributed by atoms with Gasteiger partial charge in [0.2, 0.25) is 15.8 Å². The minimum atomic E-state index is -3.63. The van der Waals surface area contributed by atoms with E-state index >= 15 is 0 Å². The maximum absolute atomic E-state index is 13.5. The van der Waals surface area contributed by atoms with Crippen molar-refractivity contribution in [3.05, 3.63) is 69.6 Å². The molecule has 2 fully saturated rings. The van der Waals surface area contributed by atoms with Gasteiger partial charge in [-0.15, -0.1) is 0 Å². The molecule has 0 amide bonds. The molecular weight excluding hydrogens is 542 g/mol. The summed E-state index contributed by atoms with van der Waals surface area (Å²) in [6.07, 6.45) is 2.67. The highest BCUT2D eigenvalue weighted by molar-refractivity contribution is 7.88. The molecule has 2 unspecified atom stereocenters. The lowest BCUT2D eigenvalue weighted by molar-refractivity contribution is 0.286. The average Bonchev–Trinajstić information content (AvgIpc) is 3.63. The van der Waals surface area contributed by atoms with Crippen molar-refractivity contribution in [1.29, 1.82) is 0 Å². The second-order valence-electron chi connectivity index (χ2n) is 10.0. The molecule has 1 aliphatic heterocycles. The third-order valence-corrected chi connectivity index (χ3v) is 9.44. The quantitative estimate of drug-likeness (QED) is 0.388. The third-order valence-electron chi connectivity index (χ3n) is 7.37. The Morgan fingerprint density at radius 1 is 1.13 bits per heavy atom. The summed E-state index contributed by atoms with van der Waals surface area (Å²) in [6.45, 7) is 3.87. The van der Waals surface area contributed by atoms with Crippen LogP contribution in [0.1, 0.15) is 18.9 Å². The van der Waals surface area contributed by atoms with Crippen LogP contribution in [0, 0.1) is 11.8 Å². The molecule has 10 nitrogen and oxygen atoms in total. The van der Waals surface area contributed by atoms with E-state index in [-0.39, 0.29) is 30.2 Å². The van der Waals surface area contributed by atoms with Crippen molar-refractivity contribution in [1.82, 2.24) is 14.1 Å². The van der Waals surface area contributed by atoms with E-state index in [4.69, 9.17) is 26.8 Å². The minimum absolute atomic E-state index is 0.213. The number of benzene rings is 2. The number of ether oxygens (including phenoxy) is 2. The van der Waals surface area contributed by atoms with Crippen LogP contribution in [0.2, 0.25) is 5.02 Å². The highest BCUT2D eigenvalue weighted by Crippen LogP contribution is 2.38. The first-order chi connectivity index (χ1) is 18.7. The zero-order chi connectivity index (χ0) is 27.7. The smallest absolute Gasteiger partial charge is 0.316 e. The van der Waals surface area contributed by atoms with Gasteiger partial charge in [0, 0.05) is 31.2 Å². The van der Waals surface area contributed by atoms with E-state index in [2.05, 4.69) is 12.0 Å². The molecule has 208 valence electrons. The number of anilines is 2. The van der Waals surface area contributed by atoms with Crippen LogP contribution in [0.4, 0.5) is 11.4 Å². The van der Waals surface area contributed by atoms with Gasteiger partial charge in [-0.2, -0.15) is 14.1 Å². The largest absolute Gasteiger partial charge is 0.495 e. The van der Waals surface area contributed by atoms with Gasteiger partial charge in [0.15, 0.2) is 0 Å². The number of aromatic nitrogens is 2. The molecule has 2 heterocycles. The van der Waals surface area contributed by atoms with Gasteiger partial charge in [-0.3, -0.25) is 4.79 Å². The van der Waals surface area contributed by atoms with E-state index < -0.39 is 10.0 Å². The number of nitrogen functional groups attached to an aromatic ring is 1. The lowest BCUT2D eigenvalue weighted by atomic mass is 10.2. The topological polar surface area (TPSA) is 120 Å². The van der Waals surface area contributed by atoms with Crippen molar-refractivity contribution in [3.63, 3.8) is 0 Å². The average molecular weight is 574 g/mol. The molecule has 1 aromatic heterocycles. The fourth-order valence-electron chi connectivity index (χ4n) is 4.79. The minimum Gasteiger partial charge on any atom is -0.495 e. The van der Waals surface area contributed by atoms with Crippen LogP contribution in [0.5, 0.6) is 11.5 Å². The first-order valence-corrected chi connectivity index (χ1v) is 14.8. The Morgan fingerprint density at radius 3 is 2.51 bits per heavy atom. The van der Waals surface area contributed by atoms with Gasteiger partial charge in [0.05, 0.1) is 37.0 Å². The van der Waals surface area contributed by atoms with Crippen molar-refractivity contribution in [2.75, 3.05) is 50.5 Å². The van der Waals surface area contributed by atoms with Gasteiger partial charge in [0.1, 0.15) is 11.4 Å². The van der Waals surface area contributed by atoms with E-state index in [9.17, 15) is 13.2 Å². The third kappa shape index (κ3) is 5.85. The van der Waals surface area contributed by atoms with Crippen LogP contribution in [0.3, 0.4) is 0 Å². The van der Waals surface area contributed by atoms with Crippen molar-refractivity contribution < 1.29 is 17.9 Å².